The number of aliphatic hydroxyl groups is 1. The minimum Gasteiger partial charge on any atom is -0.618 e. The number of aromatic nitrogens is 1. The molecule has 0 aromatic carbocycles. The van der Waals surface area contributed by atoms with Gasteiger partial charge in [-0.25, -0.2) is 0 Å². The summed E-state index contributed by atoms with van der Waals surface area (Å²) in [6.07, 6.45) is 1.46. The largest absolute Gasteiger partial charge is 0.618 e. The Morgan fingerprint density at radius 1 is 1.55 bits per heavy atom. The highest BCUT2D eigenvalue weighted by Crippen LogP contribution is 2.04. The Hall–Kier alpha value is -1.09. The van der Waals surface area contributed by atoms with E-state index in [1.165, 1.54) is 6.20 Å². The number of pyridine rings is 1. The van der Waals surface area contributed by atoms with Crippen LogP contribution in [0.25, 0.3) is 0 Å². The van der Waals surface area contributed by atoms with Crippen LogP contribution < -0.4 is 4.73 Å². The first kappa shape index (κ1) is 8.01. The molecule has 1 rings (SSSR count). The summed E-state index contributed by atoms with van der Waals surface area (Å²) < 4.78 is 0.713. The molecule has 0 fully saturated rings. The number of rotatable bonds is 1. The Balaban J connectivity index is 3.25. The molecular formula is C8H11NO2. The van der Waals surface area contributed by atoms with Gasteiger partial charge in [0.1, 0.15) is 6.61 Å². The molecule has 0 amide bonds. The first-order chi connectivity index (χ1) is 5.15. The van der Waals surface area contributed by atoms with E-state index in [-0.39, 0.29) is 6.61 Å². The van der Waals surface area contributed by atoms with Crippen molar-refractivity contribution in [3.8, 4) is 0 Å². The highest BCUT2D eigenvalue weighted by Gasteiger charge is 2.07. The van der Waals surface area contributed by atoms with E-state index in [0.717, 1.165) is 11.1 Å². The van der Waals surface area contributed by atoms with E-state index in [0.29, 0.717) is 10.4 Å². The molecule has 0 spiro atoms. The maximum atomic E-state index is 11.0. The molecule has 11 heavy (non-hydrogen) atoms. The van der Waals surface area contributed by atoms with Gasteiger partial charge in [0.25, 0.3) is 0 Å². The standard InChI is InChI=1S/C8H11NO2/c1-6-3-7(2)8(5-10)9(11)4-6/h3-4,10H,5H2,1-2H3. The van der Waals surface area contributed by atoms with Gasteiger partial charge < -0.3 is 10.3 Å². The van der Waals surface area contributed by atoms with Gasteiger partial charge in [-0.3, -0.25) is 0 Å². The van der Waals surface area contributed by atoms with Gasteiger partial charge in [-0.1, -0.05) is 0 Å². The third kappa shape index (κ3) is 1.49. The third-order valence-electron chi connectivity index (χ3n) is 1.64. The Bertz CT molecular complexity index is 248. The van der Waals surface area contributed by atoms with Crippen LogP contribution in [-0.4, -0.2) is 5.11 Å². The van der Waals surface area contributed by atoms with E-state index in [2.05, 4.69) is 0 Å². The molecule has 0 aliphatic heterocycles. The summed E-state index contributed by atoms with van der Waals surface area (Å²) in [7, 11) is 0. The van der Waals surface area contributed by atoms with Crippen molar-refractivity contribution in [3.05, 3.63) is 34.3 Å². The third-order valence-corrected chi connectivity index (χ3v) is 1.64. The van der Waals surface area contributed by atoms with E-state index in [4.69, 9.17) is 5.11 Å². The summed E-state index contributed by atoms with van der Waals surface area (Å²) in [4.78, 5) is 0. The van der Waals surface area contributed by atoms with Gasteiger partial charge in [0.05, 0.1) is 0 Å². The van der Waals surface area contributed by atoms with Crippen LogP contribution in [0.2, 0.25) is 0 Å². The second-order valence-corrected chi connectivity index (χ2v) is 2.63. The highest BCUT2D eigenvalue weighted by molar-refractivity contribution is 5.18. The summed E-state index contributed by atoms with van der Waals surface area (Å²) in [6.45, 7) is 3.46. The van der Waals surface area contributed by atoms with Gasteiger partial charge in [0, 0.05) is 11.1 Å². The van der Waals surface area contributed by atoms with Crippen LogP contribution in [0.3, 0.4) is 0 Å². The number of nitrogens with zero attached hydrogens (tertiary/aromatic N) is 1. The molecule has 3 heteroatoms. The van der Waals surface area contributed by atoms with Crippen molar-refractivity contribution in [2.45, 2.75) is 20.5 Å². The van der Waals surface area contributed by atoms with Crippen LogP contribution in [0, 0.1) is 19.1 Å². The molecule has 0 unspecified atom stereocenters. The minimum absolute atomic E-state index is 0.199. The first-order valence-electron chi connectivity index (χ1n) is 3.45. The maximum Gasteiger partial charge on any atom is 0.221 e. The average molecular weight is 153 g/mol. The van der Waals surface area contributed by atoms with Gasteiger partial charge in [-0.15, -0.1) is 0 Å². The molecule has 0 atom stereocenters. The second kappa shape index (κ2) is 2.88. The maximum absolute atomic E-state index is 11.0. The fourth-order valence-corrected chi connectivity index (χ4v) is 1.09. The van der Waals surface area contributed by atoms with Gasteiger partial charge in [-0.05, 0) is 19.9 Å². The Morgan fingerprint density at radius 3 is 2.64 bits per heavy atom. The lowest BCUT2D eigenvalue weighted by atomic mass is 10.2. The van der Waals surface area contributed by atoms with Crippen LogP contribution in [0.5, 0.6) is 0 Å². The van der Waals surface area contributed by atoms with Crippen molar-refractivity contribution in [2.75, 3.05) is 0 Å². The van der Waals surface area contributed by atoms with E-state index in [1.807, 2.05) is 19.9 Å². The number of hydrogen-bond acceptors (Lipinski definition) is 2. The zero-order valence-electron chi connectivity index (χ0n) is 6.66. The van der Waals surface area contributed by atoms with Crippen molar-refractivity contribution in [2.24, 2.45) is 0 Å². The predicted molar refractivity (Wildman–Crippen MR) is 40.8 cm³/mol. The van der Waals surface area contributed by atoms with Crippen LogP contribution in [0.15, 0.2) is 12.3 Å². The summed E-state index contributed by atoms with van der Waals surface area (Å²) in [5.74, 6) is 0. The summed E-state index contributed by atoms with van der Waals surface area (Å²) in [5, 5.41) is 19.8. The summed E-state index contributed by atoms with van der Waals surface area (Å²) in [5.41, 5.74) is 2.17. The van der Waals surface area contributed by atoms with Crippen LogP contribution in [0.1, 0.15) is 16.8 Å². The first-order valence-corrected chi connectivity index (χ1v) is 3.45. The topological polar surface area (TPSA) is 47.2 Å². The molecule has 0 saturated carbocycles. The van der Waals surface area contributed by atoms with Crippen molar-refractivity contribution in [1.29, 1.82) is 0 Å². The molecule has 1 aromatic heterocycles. The molecule has 0 aliphatic rings. The van der Waals surface area contributed by atoms with Gasteiger partial charge in [0.15, 0.2) is 6.20 Å². The number of hydrogen-bond donors (Lipinski definition) is 1. The van der Waals surface area contributed by atoms with Crippen LogP contribution in [-0.2, 0) is 6.61 Å². The predicted octanol–water partition coefficient (Wildman–Crippen LogP) is 0.429. The molecular weight excluding hydrogens is 142 g/mol. The van der Waals surface area contributed by atoms with E-state index < -0.39 is 0 Å². The van der Waals surface area contributed by atoms with Crippen molar-refractivity contribution in [3.63, 3.8) is 0 Å². The minimum atomic E-state index is -0.199. The molecule has 60 valence electrons. The molecule has 3 nitrogen and oxygen atoms in total. The summed E-state index contributed by atoms with van der Waals surface area (Å²) in [6, 6.07) is 1.87. The quantitative estimate of drug-likeness (QED) is 0.469. The molecule has 0 radical (unpaired) electrons. The zero-order chi connectivity index (χ0) is 8.43. The van der Waals surface area contributed by atoms with Crippen molar-refractivity contribution < 1.29 is 9.84 Å². The van der Waals surface area contributed by atoms with E-state index >= 15 is 0 Å². The van der Waals surface area contributed by atoms with Crippen LogP contribution >= 0.6 is 0 Å². The molecule has 0 saturated heterocycles. The van der Waals surface area contributed by atoms with E-state index in [9.17, 15) is 5.21 Å². The lowest BCUT2D eigenvalue weighted by molar-refractivity contribution is -0.617. The fraction of sp³-hybridized carbons (Fsp3) is 0.375. The Morgan fingerprint density at radius 2 is 2.18 bits per heavy atom. The number of aliphatic hydroxyl groups excluding tert-OH is 1. The Labute approximate surface area is 65.5 Å². The van der Waals surface area contributed by atoms with Gasteiger partial charge in [0.2, 0.25) is 5.69 Å². The van der Waals surface area contributed by atoms with Crippen molar-refractivity contribution in [1.82, 2.24) is 0 Å². The summed E-state index contributed by atoms with van der Waals surface area (Å²) >= 11 is 0. The number of aryl methyl sites for hydroxylation is 2. The monoisotopic (exact) mass is 153 g/mol. The SMILES string of the molecule is Cc1cc(C)c(CO)[n+]([O-])c1. The smallest absolute Gasteiger partial charge is 0.221 e. The molecule has 0 bridgehead atoms. The van der Waals surface area contributed by atoms with Gasteiger partial charge in [-0.2, -0.15) is 4.73 Å². The Kier molecular flexibility index (Phi) is 2.10. The average Bonchev–Trinajstić information content (AvgIpc) is 1.85. The lowest BCUT2D eigenvalue weighted by Crippen LogP contribution is -2.32. The molecule has 0 aliphatic carbocycles. The fourth-order valence-electron chi connectivity index (χ4n) is 1.09. The molecule has 1 N–H and O–H groups in total. The molecule has 1 aromatic rings. The van der Waals surface area contributed by atoms with Crippen LogP contribution in [0.4, 0.5) is 0 Å². The lowest BCUT2D eigenvalue weighted by Gasteiger charge is -2.05. The molecule has 1 heterocycles. The normalized spacial score (nSPS) is 10.1. The van der Waals surface area contributed by atoms with Crippen molar-refractivity contribution >= 4 is 0 Å². The zero-order valence-corrected chi connectivity index (χ0v) is 6.66. The second-order valence-electron chi connectivity index (χ2n) is 2.63. The van der Waals surface area contributed by atoms with Gasteiger partial charge >= 0.3 is 0 Å². The van der Waals surface area contributed by atoms with E-state index in [1.54, 1.807) is 0 Å². The highest BCUT2D eigenvalue weighted by atomic mass is 16.5.